The van der Waals surface area contributed by atoms with E-state index >= 15 is 0 Å². The Morgan fingerprint density at radius 3 is 2.12 bits per heavy atom. The lowest BCUT2D eigenvalue weighted by Gasteiger charge is -2.72. The number of benzene rings is 4. The lowest BCUT2D eigenvalue weighted by atomic mass is 9.33. The molecule has 7 fully saturated rings. The predicted octanol–water partition coefficient (Wildman–Crippen LogP) is 11.8. The zero-order chi connectivity index (χ0) is 75.2. The fourth-order valence-electron chi connectivity index (χ4n) is 17.1. The number of anilines is 2. The van der Waals surface area contributed by atoms with Gasteiger partial charge in [-0.3, -0.25) is 28.9 Å². The SMILES string of the molecule is Cc1ncsc1-c1ccc([C@H](C)NC(=O)[C@@H]2C[C@@H](O)CN2C(=O)[C@@H](NC(=O)CCCCCC(=O)N2CC3(CN(CC[C@H](CSc4ccccc4)Nc4ccc(S(=O)(=O)NC(=O)c5ccc(N6CCN(CC7=C(C89CC(C)(C8)C9)CC(C)(C)CC7)CC6)cc5)cc4S(=O)(=O)C(F)(F)F)C3)C2)C(C)(C)C)cc1. The highest BCUT2D eigenvalue weighted by molar-refractivity contribution is 7.99. The number of amides is 5. The molecule has 1 aromatic heterocycles. The number of nitrogens with one attached hydrogen (secondary N) is 4. The number of aliphatic hydroxyl groups excluding tert-OH is 1. The van der Waals surface area contributed by atoms with Gasteiger partial charge in [-0.05, 0) is 159 Å². The van der Waals surface area contributed by atoms with Gasteiger partial charge in [0.25, 0.3) is 25.8 Å². The number of aliphatic hydroxyl groups is 1. The Labute approximate surface area is 624 Å². The molecule has 27 heteroatoms. The maximum atomic E-state index is 14.6. The molecule has 4 aliphatic carbocycles. The Morgan fingerprint density at radius 1 is 0.810 bits per heavy atom. The van der Waals surface area contributed by atoms with Crippen molar-refractivity contribution in [1.82, 2.24) is 39.9 Å². The second kappa shape index (κ2) is 30.6. The van der Waals surface area contributed by atoms with E-state index in [0.29, 0.717) is 86.5 Å². The Morgan fingerprint density at radius 2 is 1.49 bits per heavy atom. The Hall–Kier alpha value is -6.88. The number of hydrogen-bond donors (Lipinski definition) is 5. The van der Waals surface area contributed by atoms with E-state index in [2.05, 4.69) is 56.4 Å². The summed E-state index contributed by atoms with van der Waals surface area (Å²) < 4.78 is 100. The zero-order valence-electron chi connectivity index (χ0n) is 61.5. The summed E-state index contributed by atoms with van der Waals surface area (Å²) in [7, 11) is -11.1. The van der Waals surface area contributed by atoms with Gasteiger partial charge < -0.3 is 40.7 Å². The lowest BCUT2D eigenvalue weighted by molar-refractivity contribution is -0.167. The number of alkyl halides is 3. The van der Waals surface area contributed by atoms with Crippen molar-refractivity contribution in [3.8, 4) is 10.4 Å². The number of piperazine rings is 1. The highest BCUT2D eigenvalue weighted by Gasteiger charge is 2.67. The summed E-state index contributed by atoms with van der Waals surface area (Å²) >= 11 is 2.97. The molecular formula is C78H101F3N10O10S4. The molecule has 5 atom stereocenters. The van der Waals surface area contributed by atoms with Crippen molar-refractivity contribution >= 4 is 83.9 Å². The molecule has 5 heterocycles. The van der Waals surface area contributed by atoms with Crippen LogP contribution in [0.4, 0.5) is 24.5 Å². The number of thiazole rings is 1. The van der Waals surface area contributed by atoms with Gasteiger partial charge in [0.05, 0.1) is 38.8 Å². The number of sulfonamides is 1. The molecule has 3 saturated carbocycles. The summed E-state index contributed by atoms with van der Waals surface area (Å²) in [6, 6.07) is 23.1. The molecule has 105 heavy (non-hydrogen) atoms. The number of nitrogens with zero attached hydrogens (tertiary/aromatic N) is 6. The number of allylic oxidation sites excluding steroid dienone is 1. The number of hydrogen-bond acceptors (Lipinski definition) is 17. The second-order valence-corrected chi connectivity index (χ2v) is 38.6. The molecule has 2 bridgehead atoms. The number of β-amino-alcohol motifs (C(OH)–C–C–N with tert-alkyl or cyclic N) is 1. The fourth-order valence-corrected chi connectivity index (χ4v) is 21.0. The molecule has 0 radical (unpaired) electrons. The van der Waals surface area contributed by atoms with Crippen molar-refractivity contribution in [2.75, 3.05) is 88.0 Å². The Kier molecular flexibility index (Phi) is 22.7. The van der Waals surface area contributed by atoms with E-state index in [1.165, 1.54) is 60.9 Å². The van der Waals surface area contributed by atoms with Gasteiger partial charge in [0.1, 0.15) is 17.0 Å². The number of aromatic nitrogens is 1. The first-order valence-corrected chi connectivity index (χ1v) is 41.7. The van der Waals surface area contributed by atoms with Gasteiger partial charge in [-0.15, -0.1) is 23.1 Å². The number of thioether (sulfide) groups is 1. The van der Waals surface area contributed by atoms with E-state index in [0.717, 1.165) is 83.6 Å². The number of carbonyl (C=O) groups excluding carboxylic acids is 5. The first-order chi connectivity index (χ1) is 49.5. The standard InChI is InChI=1S/C78H101F3N10O10S4/c1-51(53-19-21-54(22-20-53)68-52(2)82-50-103-68)83-71(96)64-37-59(92)41-91(64)72(97)69(73(3,4)5)85-66(93)17-13-10-14-18-67(94)90-48-76(49-90)46-88(47-76)32-30-57(42-102-60-15-11-9-12-16-60)84-63-28-27-61(38-65(63)104(98,99)78(79,80)81)105(100,101)86-70(95)55-23-25-58(26-24-55)89-35-33-87(34-36-89)40-56-29-31-74(6,7)39-62(56)77-43-75(8,44-77)45-77/h9,11-12,15-16,19-28,38,50-51,57,59,64,69,84,92H,10,13-14,17-18,29-37,39-49H2,1-8H3,(H,83,96)(H,85,93)(H,86,95)/t51-,57+,59+,64-,69+,75?,77?/m0/s1. The van der Waals surface area contributed by atoms with Gasteiger partial charge in [-0.25, -0.2) is 26.5 Å². The maximum absolute atomic E-state index is 14.6. The molecule has 4 saturated heterocycles. The topological polar surface area (TPSA) is 251 Å². The first-order valence-electron chi connectivity index (χ1n) is 36.8. The largest absolute Gasteiger partial charge is 0.501 e. The summed E-state index contributed by atoms with van der Waals surface area (Å²) in [5.41, 5.74) is 2.99. The lowest BCUT2D eigenvalue weighted by Crippen LogP contribution is -2.72. The number of carbonyl (C=O) groups is 5. The van der Waals surface area contributed by atoms with Gasteiger partial charge in [-0.1, -0.05) is 102 Å². The van der Waals surface area contributed by atoms with Crippen LogP contribution in [0.1, 0.15) is 160 Å². The van der Waals surface area contributed by atoms with Crippen molar-refractivity contribution in [3.63, 3.8) is 0 Å². The Bertz CT molecular complexity index is 4280. The third-order valence-electron chi connectivity index (χ3n) is 22.7. The molecule has 1 spiro atoms. The van der Waals surface area contributed by atoms with E-state index in [4.69, 9.17) is 0 Å². The van der Waals surface area contributed by atoms with Gasteiger partial charge in [0, 0.05) is 125 Å². The third kappa shape index (κ3) is 17.7. The molecule has 5 amide bonds. The summed E-state index contributed by atoms with van der Waals surface area (Å²) in [6.07, 6.45) is 8.97. The van der Waals surface area contributed by atoms with Crippen LogP contribution in [0.25, 0.3) is 10.4 Å². The van der Waals surface area contributed by atoms with Crippen LogP contribution in [-0.4, -0.2) is 184 Å². The number of rotatable bonds is 28. The number of likely N-dealkylation sites (tertiary alicyclic amines) is 3. The second-order valence-electron chi connectivity index (χ2n) is 33.1. The maximum Gasteiger partial charge on any atom is 0.501 e. The van der Waals surface area contributed by atoms with Crippen molar-refractivity contribution in [1.29, 1.82) is 0 Å². The normalized spacial score (nSPS) is 23.3. The number of sulfone groups is 1. The number of unbranched alkanes of at least 4 members (excludes halogenated alkanes) is 2. The van der Waals surface area contributed by atoms with Crippen molar-refractivity contribution in [2.24, 2.45) is 27.1 Å². The molecule has 4 aromatic carbocycles. The third-order valence-corrected chi connectivity index (χ3v) is 27.7. The van der Waals surface area contributed by atoms with Gasteiger partial charge >= 0.3 is 5.51 Å². The van der Waals surface area contributed by atoms with Gasteiger partial charge in [0.2, 0.25) is 23.6 Å². The molecular weight excluding hydrogens is 1420 g/mol. The molecule has 568 valence electrons. The highest BCUT2D eigenvalue weighted by atomic mass is 32.2. The quantitative estimate of drug-likeness (QED) is 0.0177. The highest BCUT2D eigenvalue weighted by Crippen LogP contribution is 2.77. The Balaban J connectivity index is 0.593. The van der Waals surface area contributed by atoms with E-state index in [1.807, 2.05) is 98.8 Å². The first kappa shape index (κ1) is 77.7. The molecule has 8 aliphatic rings. The monoisotopic (exact) mass is 1520 g/mol. The predicted molar refractivity (Wildman–Crippen MR) is 403 cm³/mol. The van der Waals surface area contributed by atoms with Crippen molar-refractivity contribution in [2.45, 2.75) is 189 Å². The van der Waals surface area contributed by atoms with Crippen LogP contribution in [-0.2, 0) is 39.0 Å². The van der Waals surface area contributed by atoms with E-state index < -0.39 is 88.2 Å². The van der Waals surface area contributed by atoms with Crippen LogP contribution >= 0.6 is 23.1 Å². The van der Waals surface area contributed by atoms with Crippen molar-refractivity contribution in [3.05, 3.63) is 131 Å². The average molecular weight is 1520 g/mol. The van der Waals surface area contributed by atoms with Crippen LogP contribution in [0, 0.1) is 34.0 Å². The van der Waals surface area contributed by atoms with Crippen LogP contribution in [0.15, 0.2) is 128 Å². The molecule has 0 unspecified atom stereocenters. The zero-order valence-corrected chi connectivity index (χ0v) is 64.7. The molecule has 5 aromatic rings. The minimum absolute atomic E-state index is 0.00506. The number of halogens is 3. The average Bonchev–Trinajstić information content (AvgIpc) is 0.966. The minimum Gasteiger partial charge on any atom is -0.391 e. The molecule has 13 rings (SSSR count). The van der Waals surface area contributed by atoms with Crippen LogP contribution < -0.4 is 25.6 Å². The number of aryl methyl sites for hydroxylation is 1. The molecule has 5 N–H and O–H groups in total. The van der Waals surface area contributed by atoms with E-state index in [1.54, 1.807) is 40.1 Å². The smallest absolute Gasteiger partial charge is 0.391 e. The van der Waals surface area contributed by atoms with Gasteiger partial charge in [-0.2, -0.15) is 13.2 Å². The fraction of sp³-hybridized carbons (Fsp3) is 0.564. The van der Waals surface area contributed by atoms with Crippen molar-refractivity contribution < 1.29 is 59.1 Å². The van der Waals surface area contributed by atoms with Gasteiger partial charge in [0.15, 0.2) is 0 Å². The van der Waals surface area contributed by atoms with Crippen LogP contribution in [0.5, 0.6) is 0 Å². The summed E-state index contributed by atoms with van der Waals surface area (Å²) in [5.74, 6) is -1.95. The van der Waals surface area contributed by atoms with E-state index in [-0.39, 0.29) is 54.6 Å². The summed E-state index contributed by atoms with van der Waals surface area (Å²) in [6.45, 7) is 23.6. The molecule has 20 nitrogen and oxygen atoms in total. The van der Waals surface area contributed by atoms with Crippen LogP contribution in [0.3, 0.4) is 0 Å². The minimum atomic E-state index is -6.16. The summed E-state index contributed by atoms with van der Waals surface area (Å²) in [4.78, 5) is 82.8. The van der Waals surface area contributed by atoms with Crippen LogP contribution in [0.2, 0.25) is 0 Å². The summed E-state index contributed by atoms with van der Waals surface area (Å²) in [5, 5.41) is 19.7. The van der Waals surface area contributed by atoms with E-state index in [9.17, 15) is 59.1 Å². The molecule has 4 aliphatic heterocycles.